The molecule has 3 heterocycles. The summed E-state index contributed by atoms with van der Waals surface area (Å²) in [4.78, 5) is 34.6. The quantitative estimate of drug-likeness (QED) is 0.0694. The number of nitrogen functional groups attached to an aromatic ring is 1. The molecule has 0 saturated heterocycles. The second-order valence-electron chi connectivity index (χ2n) is 7.53. The van der Waals surface area contributed by atoms with Crippen LogP contribution in [0.4, 0.5) is 38.8 Å². The molecule has 0 bridgehead atoms. The van der Waals surface area contributed by atoms with Gasteiger partial charge in [-0.15, -0.1) is 0 Å². The molecule has 0 fully saturated rings. The molecule has 43 heavy (non-hydrogen) atoms. The van der Waals surface area contributed by atoms with Crippen LogP contribution in [0.5, 0.6) is 0 Å². The molecule has 12 nitrogen and oxygen atoms in total. The second-order valence-corrected chi connectivity index (χ2v) is 16.5. The largest absolute Gasteiger partial charge is 0.465 e. The number of methoxy groups -OCH3 is 1. The Kier molecular flexibility index (Phi) is 12.3. The maximum Gasteiger partial charge on any atom is 0.351 e. The number of nitrogens with zero attached hydrogens (tertiary/aromatic N) is 6. The highest BCUT2D eigenvalue weighted by Gasteiger charge is 2.16. The van der Waals surface area contributed by atoms with Crippen LogP contribution in [0, 0.1) is 13.1 Å². The highest BCUT2D eigenvalue weighted by atomic mass is 36.0. The van der Waals surface area contributed by atoms with Gasteiger partial charge >= 0.3 is 11.2 Å². The number of hydrogen-bond acceptors (Lipinski definition) is 12. The van der Waals surface area contributed by atoms with Gasteiger partial charge in [0.15, 0.2) is 43.1 Å². The highest BCUT2D eigenvalue weighted by Crippen LogP contribution is 2.61. The summed E-state index contributed by atoms with van der Waals surface area (Å²) in [5, 5.41) is 4.52. The van der Waals surface area contributed by atoms with E-state index in [4.69, 9.17) is 30.5 Å². The van der Waals surface area contributed by atoms with Crippen LogP contribution in [0.1, 0.15) is 9.67 Å². The predicted octanol–water partition coefficient (Wildman–Crippen LogP) is 9.65. The minimum absolute atomic E-state index is 0.136. The molecule has 5 rings (SSSR count). The van der Waals surface area contributed by atoms with Gasteiger partial charge in [-0.05, 0) is 58.0 Å². The van der Waals surface area contributed by atoms with Crippen molar-refractivity contribution in [3.8, 4) is 0 Å². The van der Waals surface area contributed by atoms with Crippen molar-refractivity contribution in [2.24, 2.45) is 0 Å². The molecule has 220 valence electrons. The van der Waals surface area contributed by atoms with Crippen molar-refractivity contribution < 1.29 is 14.1 Å². The summed E-state index contributed by atoms with van der Waals surface area (Å²) >= 11 is 22.3. The minimum Gasteiger partial charge on any atom is -0.465 e. The van der Waals surface area contributed by atoms with E-state index in [0.717, 1.165) is 27.4 Å². The lowest BCUT2D eigenvalue weighted by Crippen LogP contribution is -2.01. The fourth-order valence-corrected chi connectivity index (χ4v) is 4.78. The van der Waals surface area contributed by atoms with Crippen LogP contribution in [0.25, 0.3) is 20.0 Å². The van der Waals surface area contributed by atoms with E-state index in [0.29, 0.717) is 32.4 Å². The van der Waals surface area contributed by atoms with Gasteiger partial charge in [0.1, 0.15) is 11.0 Å². The zero-order valence-corrected chi connectivity index (χ0v) is 27.0. The molecule has 0 aliphatic rings. The molecular formula is C24H16Cl4N9O3PS2. The smallest absolute Gasteiger partial charge is 0.351 e. The Morgan fingerprint density at radius 2 is 1.40 bits per heavy atom. The zero-order valence-electron chi connectivity index (χ0n) is 21.5. The van der Waals surface area contributed by atoms with E-state index in [-0.39, 0.29) is 10.7 Å². The van der Waals surface area contributed by atoms with Crippen LogP contribution in [-0.2, 0) is 9.30 Å². The van der Waals surface area contributed by atoms with E-state index < -0.39 is 11.2 Å². The number of carbonyl (C=O) groups is 1. The topological polar surface area (TPSA) is 154 Å². The van der Waals surface area contributed by atoms with Gasteiger partial charge in [0.05, 0.1) is 20.3 Å². The van der Waals surface area contributed by atoms with E-state index in [1.165, 1.54) is 24.8 Å². The van der Waals surface area contributed by atoms with Gasteiger partial charge in [-0.1, -0.05) is 58.5 Å². The van der Waals surface area contributed by atoms with Crippen LogP contribution in [-0.4, -0.2) is 33.0 Å². The summed E-state index contributed by atoms with van der Waals surface area (Å²) in [7, 11) is 1.29. The van der Waals surface area contributed by atoms with Crippen molar-refractivity contribution >= 4 is 128 Å². The first-order valence-corrected chi connectivity index (χ1v) is 17.6. The van der Waals surface area contributed by atoms with Crippen molar-refractivity contribution in [2.75, 3.05) is 23.5 Å². The van der Waals surface area contributed by atoms with Gasteiger partial charge in [0.25, 0.3) is 0 Å². The molecule has 2 aromatic carbocycles. The number of esters is 1. The number of fused-ring (bicyclic) bond motifs is 1. The monoisotopic (exact) mass is 713 g/mol. The standard InChI is InChI=1S/C12H6ClN5S.C12H10N4O2S.Cl3OP/c1-14-7-2-4-8(5-3-7)17-12-18-11-9(19-12)10(13)15-6-16-11;1-14-7-3-5-8(6-4-7)15-12-16-10(13)9(19-12)11(17)18-2;1-5(2,3)4/h2-6H,(H,15,16,17,18);3-6H,13H2,2H3,(H,15,16);. The number of aromatic nitrogens is 4. The fraction of sp³-hybridized carbons (Fsp3) is 0.0417. The Bertz CT molecular complexity index is 1840. The van der Waals surface area contributed by atoms with Crippen LogP contribution >= 0.6 is 73.2 Å². The molecule has 19 heteroatoms. The lowest BCUT2D eigenvalue weighted by atomic mass is 10.3. The molecule has 0 aliphatic heterocycles. The van der Waals surface area contributed by atoms with Crippen molar-refractivity contribution in [3.05, 3.63) is 87.7 Å². The number of carbonyl (C=O) groups excluding carboxylic acids is 1. The number of halogens is 4. The molecule has 0 saturated carbocycles. The molecule has 4 N–H and O–H groups in total. The predicted molar refractivity (Wildman–Crippen MR) is 175 cm³/mol. The average molecular weight is 715 g/mol. The van der Waals surface area contributed by atoms with Crippen molar-refractivity contribution in [2.45, 2.75) is 0 Å². The third kappa shape index (κ3) is 10.8. The molecule has 0 unspecified atom stereocenters. The zero-order chi connectivity index (χ0) is 31.6. The lowest BCUT2D eigenvalue weighted by Gasteiger charge is -2.01. The van der Waals surface area contributed by atoms with Crippen molar-refractivity contribution in [3.63, 3.8) is 0 Å². The molecule has 0 amide bonds. The number of nitrogens with two attached hydrogens (primary N) is 1. The summed E-state index contributed by atoms with van der Waals surface area (Å²) in [6.07, 6.45) is 1.39. The number of hydrogen-bond donors (Lipinski definition) is 3. The van der Waals surface area contributed by atoms with E-state index in [2.05, 4.69) is 78.7 Å². The van der Waals surface area contributed by atoms with Crippen LogP contribution in [0.2, 0.25) is 5.15 Å². The van der Waals surface area contributed by atoms with Crippen molar-refractivity contribution in [1.82, 2.24) is 19.9 Å². The van der Waals surface area contributed by atoms with Crippen LogP contribution < -0.4 is 16.4 Å². The van der Waals surface area contributed by atoms with Gasteiger partial charge < -0.3 is 21.1 Å². The van der Waals surface area contributed by atoms with Crippen LogP contribution in [0.15, 0.2) is 54.9 Å². The first-order chi connectivity index (χ1) is 20.4. The van der Waals surface area contributed by atoms with E-state index in [1.54, 1.807) is 36.4 Å². The summed E-state index contributed by atoms with van der Waals surface area (Å²) in [5.74, 6) is -0.372. The third-order valence-electron chi connectivity index (χ3n) is 4.67. The molecule has 0 atom stereocenters. The SMILES string of the molecule is O=P(Cl)(Cl)Cl.[C-]#[N+]c1ccc(Nc2nc(N)c(C(=O)OC)s2)cc1.[C-]#[N+]c1ccc(Nc2nc3ncnc(Cl)c3s2)cc1. The molecule has 3 aromatic heterocycles. The van der Waals surface area contributed by atoms with Gasteiger partial charge in [-0.25, -0.2) is 29.4 Å². The van der Waals surface area contributed by atoms with Crippen LogP contribution in [0.3, 0.4) is 0 Å². The molecule has 0 aliphatic carbocycles. The number of thiazole rings is 2. The van der Waals surface area contributed by atoms with Gasteiger partial charge in [0.2, 0.25) is 0 Å². The molecule has 0 radical (unpaired) electrons. The summed E-state index contributed by atoms with van der Waals surface area (Å²) in [6, 6.07) is 14.0. The number of benzene rings is 2. The van der Waals surface area contributed by atoms with Gasteiger partial charge in [0, 0.05) is 11.4 Å². The second kappa shape index (κ2) is 15.7. The third-order valence-corrected chi connectivity index (χ3v) is 7.00. The van der Waals surface area contributed by atoms with E-state index >= 15 is 0 Å². The lowest BCUT2D eigenvalue weighted by molar-refractivity contribution is 0.0607. The first-order valence-electron chi connectivity index (χ1n) is 11.2. The number of rotatable bonds is 5. The Balaban J connectivity index is 0.000000204. The minimum atomic E-state index is -3.22. The van der Waals surface area contributed by atoms with Gasteiger partial charge in [-0.3, -0.25) is 4.57 Å². The maximum atomic E-state index is 11.4. The molecule has 5 aromatic rings. The van der Waals surface area contributed by atoms with Crippen molar-refractivity contribution in [1.29, 1.82) is 0 Å². The normalized spacial score (nSPS) is 10.2. The number of nitrogens with one attached hydrogen (secondary N) is 2. The molecular weight excluding hydrogens is 699 g/mol. The molecule has 0 spiro atoms. The average Bonchev–Trinajstić information content (AvgIpc) is 3.56. The highest BCUT2D eigenvalue weighted by molar-refractivity contribution is 8.24. The summed E-state index contributed by atoms with van der Waals surface area (Å²) in [5.41, 5.74) is 8.98. The van der Waals surface area contributed by atoms with Gasteiger partial charge in [-0.2, -0.15) is 4.98 Å². The number of anilines is 5. The van der Waals surface area contributed by atoms with E-state index in [9.17, 15) is 9.36 Å². The number of ether oxygens (including phenoxy) is 1. The Labute approximate surface area is 272 Å². The summed E-state index contributed by atoms with van der Waals surface area (Å²) in [6.45, 7) is 13.8. The fourth-order valence-electron chi connectivity index (χ4n) is 2.89. The maximum absolute atomic E-state index is 11.4. The Morgan fingerprint density at radius 1 is 0.907 bits per heavy atom. The Morgan fingerprint density at radius 3 is 1.84 bits per heavy atom. The Hall–Kier alpha value is -3.72. The van der Waals surface area contributed by atoms with E-state index in [1.807, 2.05) is 12.1 Å². The summed E-state index contributed by atoms with van der Waals surface area (Å²) < 4.78 is 14.9. The first kappa shape index (κ1) is 33.8.